The third kappa shape index (κ3) is 1.64. The van der Waals surface area contributed by atoms with Crippen molar-refractivity contribution >= 4 is 28.3 Å². The second-order valence-electron chi connectivity index (χ2n) is 3.97. The minimum Gasteiger partial charge on any atom is -0.352 e. The molecule has 1 aromatic carbocycles. The second-order valence-corrected chi connectivity index (χ2v) is 4.41. The topological polar surface area (TPSA) is 44.0 Å². The molecular weight excluding hydrogens is 224 g/mol. The maximum absolute atomic E-state index is 6.01. The summed E-state index contributed by atoms with van der Waals surface area (Å²) in [5.74, 6) is 1.01. The Kier molecular flexibility index (Phi) is 2.46. The van der Waals surface area contributed by atoms with Crippen molar-refractivity contribution in [2.24, 2.45) is 0 Å². The first-order valence-electron chi connectivity index (χ1n) is 5.44. The molecule has 3 rings (SSSR count). The smallest absolute Gasteiger partial charge is 0.158 e. The van der Waals surface area contributed by atoms with E-state index in [1.165, 1.54) is 0 Å². The molecule has 4 nitrogen and oxygen atoms in total. The molecule has 1 aliphatic rings. The molecule has 0 bridgehead atoms. The number of aromatic amines is 1. The van der Waals surface area contributed by atoms with E-state index in [1.807, 2.05) is 18.2 Å². The number of hydrogen-bond donors (Lipinski definition) is 2. The molecule has 2 aromatic rings. The fraction of sp³-hybridized carbons (Fsp3) is 0.364. The predicted molar refractivity (Wildman–Crippen MR) is 66.2 cm³/mol. The zero-order valence-electron chi connectivity index (χ0n) is 8.83. The number of H-pyrrole nitrogens is 1. The molecule has 2 N–H and O–H groups in total. The largest absolute Gasteiger partial charge is 0.352 e. The molecule has 1 fully saturated rings. The third-order valence-corrected chi connectivity index (χ3v) is 3.16. The number of halogens is 1. The second kappa shape index (κ2) is 3.96. The Bertz CT molecular complexity index is 502. The lowest BCUT2D eigenvalue weighted by molar-refractivity contribution is 0.585. The molecule has 1 aliphatic heterocycles. The monoisotopic (exact) mass is 236 g/mol. The van der Waals surface area contributed by atoms with Gasteiger partial charge in [-0.05, 0) is 18.2 Å². The number of nitrogens with one attached hydrogen (secondary N) is 2. The Hall–Kier alpha value is -1.26. The number of hydrogen-bond acceptors (Lipinski definition) is 3. The molecule has 1 saturated heterocycles. The van der Waals surface area contributed by atoms with Gasteiger partial charge < -0.3 is 10.2 Å². The van der Waals surface area contributed by atoms with Crippen molar-refractivity contribution in [3.05, 3.63) is 23.2 Å². The summed E-state index contributed by atoms with van der Waals surface area (Å²) >= 11 is 6.01. The van der Waals surface area contributed by atoms with E-state index in [2.05, 4.69) is 20.4 Å². The van der Waals surface area contributed by atoms with E-state index in [1.54, 1.807) is 0 Å². The van der Waals surface area contributed by atoms with Crippen LogP contribution >= 0.6 is 11.6 Å². The van der Waals surface area contributed by atoms with Crippen LogP contribution in [0, 0.1) is 0 Å². The van der Waals surface area contributed by atoms with Gasteiger partial charge in [0.25, 0.3) is 0 Å². The molecular formula is C11H13ClN4. The summed E-state index contributed by atoms with van der Waals surface area (Å²) in [7, 11) is 0. The number of anilines is 1. The predicted octanol–water partition coefficient (Wildman–Crippen LogP) is 1.63. The van der Waals surface area contributed by atoms with Crippen LogP contribution in [0.3, 0.4) is 0 Å². The molecule has 0 aliphatic carbocycles. The molecule has 2 heterocycles. The Balaban J connectivity index is 2.05. The first-order valence-corrected chi connectivity index (χ1v) is 5.82. The van der Waals surface area contributed by atoms with Crippen LogP contribution in [0.15, 0.2) is 18.2 Å². The van der Waals surface area contributed by atoms with Crippen LogP contribution in [0.2, 0.25) is 5.02 Å². The van der Waals surface area contributed by atoms with Gasteiger partial charge in [-0.15, -0.1) is 0 Å². The number of rotatable bonds is 1. The highest BCUT2D eigenvalue weighted by molar-refractivity contribution is 6.31. The first-order chi connectivity index (χ1) is 7.84. The Morgan fingerprint density at radius 3 is 2.88 bits per heavy atom. The van der Waals surface area contributed by atoms with Crippen molar-refractivity contribution in [2.45, 2.75) is 0 Å². The molecule has 0 radical (unpaired) electrons. The Morgan fingerprint density at radius 2 is 2.06 bits per heavy atom. The lowest BCUT2D eigenvalue weighted by Gasteiger charge is -2.27. The Morgan fingerprint density at radius 1 is 1.25 bits per heavy atom. The quantitative estimate of drug-likeness (QED) is 0.791. The molecule has 16 heavy (non-hydrogen) atoms. The summed E-state index contributed by atoms with van der Waals surface area (Å²) in [6, 6.07) is 5.82. The van der Waals surface area contributed by atoms with Gasteiger partial charge in [-0.2, -0.15) is 5.10 Å². The number of aromatic nitrogens is 2. The van der Waals surface area contributed by atoms with Crippen LogP contribution in [0.25, 0.3) is 10.9 Å². The van der Waals surface area contributed by atoms with E-state index >= 15 is 0 Å². The maximum atomic E-state index is 6.01. The minimum atomic E-state index is 0.755. The van der Waals surface area contributed by atoms with Gasteiger partial charge in [0.1, 0.15) is 0 Å². The Labute approximate surface area is 98.6 Å². The normalized spacial score (nSPS) is 16.9. The van der Waals surface area contributed by atoms with Gasteiger partial charge in [0.2, 0.25) is 0 Å². The van der Waals surface area contributed by atoms with Crippen LogP contribution in [0.1, 0.15) is 0 Å². The first kappa shape index (κ1) is 9.93. The summed E-state index contributed by atoms with van der Waals surface area (Å²) in [5, 5.41) is 12.6. The average Bonchev–Trinajstić information content (AvgIpc) is 2.73. The minimum absolute atomic E-state index is 0.755. The van der Waals surface area contributed by atoms with E-state index < -0.39 is 0 Å². The number of nitrogens with zero attached hydrogens (tertiary/aromatic N) is 2. The molecule has 0 atom stereocenters. The van der Waals surface area contributed by atoms with Crippen LogP contribution < -0.4 is 10.2 Å². The van der Waals surface area contributed by atoms with Gasteiger partial charge in [0.05, 0.1) is 5.52 Å². The lowest BCUT2D eigenvalue weighted by Crippen LogP contribution is -2.43. The number of benzene rings is 1. The van der Waals surface area contributed by atoms with E-state index in [-0.39, 0.29) is 0 Å². The summed E-state index contributed by atoms with van der Waals surface area (Å²) in [6.45, 7) is 4.00. The van der Waals surface area contributed by atoms with Crippen molar-refractivity contribution in [1.82, 2.24) is 15.5 Å². The average molecular weight is 237 g/mol. The van der Waals surface area contributed by atoms with Crippen molar-refractivity contribution in [1.29, 1.82) is 0 Å². The fourth-order valence-corrected chi connectivity index (χ4v) is 2.26. The summed E-state index contributed by atoms with van der Waals surface area (Å²) in [6.07, 6.45) is 0. The standard InChI is InChI=1S/C11H13ClN4/c12-8-1-2-10-9(7-8)11(15-14-10)16-5-3-13-4-6-16/h1-2,7,13H,3-6H2,(H,14,15). The van der Waals surface area contributed by atoms with E-state index in [0.29, 0.717) is 0 Å². The molecule has 0 unspecified atom stereocenters. The van der Waals surface area contributed by atoms with Crippen molar-refractivity contribution in [2.75, 3.05) is 31.1 Å². The maximum Gasteiger partial charge on any atom is 0.158 e. The lowest BCUT2D eigenvalue weighted by atomic mass is 10.2. The van der Waals surface area contributed by atoms with Crippen molar-refractivity contribution in [3.63, 3.8) is 0 Å². The van der Waals surface area contributed by atoms with Crippen molar-refractivity contribution in [3.8, 4) is 0 Å². The molecule has 1 aromatic heterocycles. The van der Waals surface area contributed by atoms with E-state index in [0.717, 1.165) is 47.9 Å². The molecule has 5 heteroatoms. The zero-order valence-corrected chi connectivity index (χ0v) is 9.59. The van der Waals surface area contributed by atoms with E-state index in [4.69, 9.17) is 11.6 Å². The van der Waals surface area contributed by atoms with Crippen LogP contribution in [0.5, 0.6) is 0 Å². The van der Waals surface area contributed by atoms with Gasteiger partial charge in [-0.3, -0.25) is 5.10 Å². The van der Waals surface area contributed by atoms with Gasteiger partial charge in [0, 0.05) is 36.6 Å². The highest BCUT2D eigenvalue weighted by atomic mass is 35.5. The van der Waals surface area contributed by atoms with Crippen LogP contribution in [-0.4, -0.2) is 36.4 Å². The molecule has 0 spiro atoms. The van der Waals surface area contributed by atoms with Crippen LogP contribution in [-0.2, 0) is 0 Å². The van der Waals surface area contributed by atoms with Gasteiger partial charge >= 0.3 is 0 Å². The van der Waals surface area contributed by atoms with Gasteiger partial charge in [-0.1, -0.05) is 11.6 Å². The van der Waals surface area contributed by atoms with Gasteiger partial charge in [-0.25, -0.2) is 0 Å². The van der Waals surface area contributed by atoms with E-state index in [9.17, 15) is 0 Å². The number of piperazine rings is 1. The fourth-order valence-electron chi connectivity index (χ4n) is 2.09. The highest BCUT2D eigenvalue weighted by Gasteiger charge is 2.15. The highest BCUT2D eigenvalue weighted by Crippen LogP contribution is 2.26. The third-order valence-electron chi connectivity index (χ3n) is 2.92. The summed E-state index contributed by atoms with van der Waals surface area (Å²) in [4.78, 5) is 2.28. The molecule has 0 amide bonds. The van der Waals surface area contributed by atoms with Crippen LogP contribution in [0.4, 0.5) is 5.82 Å². The zero-order chi connectivity index (χ0) is 11.0. The summed E-state index contributed by atoms with van der Waals surface area (Å²) < 4.78 is 0. The van der Waals surface area contributed by atoms with Crippen molar-refractivity contribution < 1.29 is 0 Å². The molecule has 84 valence electrons. The SMILES string of the molecule is Clc1ccc2[nH]nc(N3CCNCC3)c2c1. The van der Waals surface area contributed by atoms with Gasteiger partial charge in [0.15, 0.2) is 5.82 Å². The summed E-state index contributed by atoms with van der Waals surface area (Å²) in [5.41, 5.74) is 1.04. The molecule has 0 saturated carbocycles. The number of fused-ring (bicyclic) bond motifs is 1.